The molecule has 0 aromatic heterocycles. The van der Waals surface area contributed by atoms with E-state index in [2.05, 4.69) is 21.3 Å². The van der Waals surface area contributed by atoms with E-state index in [0.717, 1.165) is 57.8 Å². The van der Waals surface area contributed by atoms with Crippen LogP contribution in [0.15, 0.2) is 31.0 Å². The minimum absolute atomic E-state index is 0.259. The monoisotopic (exact) mass is 408 g/mol. The summed E-state index contributed by atoms with van der Waals surface area (Å²) in [7, 11) is -2.88. The van der Waals surface area contributed by atoms with E-state index in [-0.39, 0.29) is 5.75 Å². The van der Waals surface area contributed by atoms with E-state index < -0.39 is 9.84 Å². The molecule has 0 radical (unpaired) electrons. The number of nitrogens with two attached hydrogens (primary N) is 1. The Bertz CT molecular complexity index is 768. The summed E-state index contributed by atoms with van der Waals surface area (Å²) in [6.45, 7) is 10.3. The highest BCUT2D eigenvalue weighted by molar-refractivity contribution is 7.90. The van der Waals surface area contributed by atoms with Gasteiger partial charge < -0.3 is 20.3 Å². The van der Waals surface area contributed by atoms with Crippen LogP contribution in [0.25, 0.3) is 0 Å². The first-order valence-corrected chi connectivity index (χ1v) is 12.0. The average Bonchev–Trinajstić information content (AvgIpc) is 2.68. The van der Waals surface area contributed by atoms with E-state index in [1.54, 1.807) is 0 Å². The fourth-order valence-corrected chi connectivity index (χ4v) is 4.65. The van der Waals surface area contributed by atoms with Crippen molar-refractivity contribution in [1.82, 2.24) is 9.80 Å². The molecule has 2 saturated heterocycles. The smallest absolute Gasteiger partial charge is 0.151 e. The van der Waals surface area contributed by atoms with Crippen LogP contribution < -0.4 is 15.4 Å². The third-order valence-corrected chi connectivity index (χ3v) is 6.66. The molecule has 7 nitrogen and oxygen atoms in total. The SMILES string of the molecule is C=COc1cc(N2CCN(C3CCN(CCS(C)(=O)=O)CC3)CC2)ccc1N. The Morgan fingerprint density at radius 3 is 2.46 bits per heavy atom. The van der Waals surface area contributed by atoms with E-state index in [4.69, 9.17) is 10.5 Å². The Hall–Kier alpha value is -1.77. The van der Waals surface area contributed by atoms with Crippen molar-refractivity contribution in [2.75, 3.05) is 68.5 Å². The number of ether oxygens (including phenoxy) is 1. The number of nitrogens with zero attached hydrogens (tertiary/aromatic N) is 3. The van der Waals surface area contributed by atoms with Gasteiger partial charge >= 0.3 is 0 Å². The minimum Gasteiger partial charge on any atom is -0.463 e. The predicted molar refractivity (Wildman–Crippen MR) is 115 cm³/mol. The van der Waals surface area contributed by atoms with Gasteiger partial charge in [0.05, 0.1) is 17.7 Å². The van der Waals surface area contributed by atoms with Gasteiger partial charge in [0.15, 0.2) is 5.75 Å². The molecule has 2 N–H and O–H groups in total. The number of benzene rings is 1. The molecule has 2 aliphatic heterocycles. The highest BCUT2D eigenvalue weighted by Crippen LogP contribution is 2.29. The van der Waals surface area contributed by atoms with Crippen molar-refractivity contribution in [3.05, 3.63) is 31.0 Å². The number of likely N-dealkylation sites (tertiary alicyclic amines) is 1. The van der Waals surface area contributed by atoms with Crippen LogP contribution in [0, 0.1) is 0 Å². The number of anilines is 2. The lowest BCUT2D eigenvalue weighted by Crippen LogP contribution is -2.53. The molecule has 0 aliphatic carbocycles. The van der Waals surface area contributed by atoms with Crippen molar-refractivity contribution < 1.29 is 13.2 Å². The van der Waals surface area contributed by atoms with Crippen LogP contribution in [0.2, 0.25) is 0 Å². The fraction of sp³-hybridized carbons (Fsp3) is 0.600. The predicted octanol–water partition coefficient (Wildman–Crippen LogP) is 1.42. The fourth-order valence-electron chi connectivity index (χ4n) is 4.06. The maximum atomic E-state index is 11.4. The number of rotatable bonds is 7. The average molecular weight is 409 g/mol. The number of piperidine rings is 1. The van der Waals surface area contributed by atoms with Crippen molar-refractivity contribution >= 4 is 21.2 Å². The van der Waals surface area contributed by atoms with Crippen molar-refractivity contribution in [2.45, 2.75) is 18.9 Å². The molecule has 1 aromatic rings. The Morgan fingerprint density at radius 2 is 1.86 bits per heavy atom. The zero-order valence-corrected chi connectivity index (χ0v) is 17.5. The summed E-state index contributed by atoms with van der Waals surface area (Å²) in [5.74, 6) is 0.909. The molecule has 28 heavy (non-hydrogen) atoms. The van der Waals surface area contributed by atoms with Crippen LogP contribution in [0.3, 0.4) is 0 Å². The lowest BCUT2D eigenvalue weighted by molar-refractivity contribution is 0.106. The Morgan fingerprint density at radius 1 is 1.18 bits per heavy atom. The first-order valence-electron chi connectivity index (χ1n) is 9.92. The number of hydrogen-bond donors (Lipinski definition) is 1. The molecule has 0 saturated carbocycles. The molecule has 0 spiro atoms. The van der Waals surface area contributed by atoms with Gasteiger partial charge in [0.1, 0.15) is 9.84 Å². The molecule has 2 fully saturated rings. The Labute approximate surface area is 168 Å². The maximum absolute atomic E-state index is 11.4. The number of hydrogen-bond acceptors (Lipinski definition) is 7. The van der Waals surface area contributed by atoms with E-state index >= 15 is 0 Å². The van der Waals surface area contributed by atoms with Gasteiger partial charge in [-0.15, -0.1) is 0 Å². The summed E-state index contributed by atoms with van der Waals surface area (Å²) in [6.07, 6.45) is 4.94. The van der Waals surface area contributed by atoms with Gasteiger partial charge in [-0.25, -0.2) is 8.42 Å². The van der Waals surface area contributed by atoms with Crippen LogP contribution >= 0.6 is 0 Å². The normalized spacial score (nSPS) is 20.2. The molecule has 2 aliphatic rings. The third-order valence-electron chi connectivity index (χ3n) is 5.74. The summed E-state index contributed by atoms with van der Waals surface area (Å²) in [6, 6.07) is 6.50. The van der Waals surface area contributed by atoms with Crippen LogP contribution in [0.1, 0.15) is 12.8 Å². The molecular formula is C20H32N4O3S. The molecule has 8 heteroatoms. The standard InChI is InChI=1S/C20H32N4O3S/c1-3-27-20-16-18(4-5-19(20)21)24-12-10-23(11-13-24)17-6-8-22(9-7-17)14-15-28(2,25)26/h3-5,16-17H,1,6-15,21H2,2H3. The van der Waals surface area contributed by atoms with Gasteiger partial charge in [0.25, 0.3) is 0 Å². The molecule has 3 rings (SSSR count). The zero-order chi connectivity index (χ0) is 20.1. The van der Waals surface area contributed by atoms with E-state index in [0.29, 0.717) is 24.0 Å². The second-order valence-electron chi connectivity index (χ2n) is 7.73. The molecule has 0 atom stereocenters. The first kappa shape index (κ1) is 21.0. The maximum Gasteiger partial charge on any atom is 0.151 e. The van der Waals surface area contributed by atoms with Crippen molar-refractivity contribution in [3.8, 4) is 5.75 Å². The van der Waals surface area contributed by atoms with Crippen molar-refractivity contribution in [1.29, 1.82) is 0 Å². The number of piperazine rings is 1. The largest absolute Gasteiger partial charge is 0.463 e. The van der Waals surface area contributed by atoms with Gasteiger partial charge in [-0.2, -0.15) is 0 Å². The van der Waals surface area contributed by atoms with Crippen molar-refractivity contribution in [3.63, 3.8) is 0 Å². The number of sulfone groups is 1. The quantitative estimate of drug-likeness (QED) is 0.540. The first-order chi connectivity index (χ1) is 13.4. The van der Waals surface area contributed by atoms with E-state index in [9.17, 15) is 8.42 Å². The van der Waals surface area contributed by atoms with Gasteiger partial charge in [-0.3, -0.25) is 4.90 Å². The van der Waals surface area contributed by atoms with E-state index in [1.807, 2.05) is 18.2 Å². The van der Waals surface area contributed by atoms with Gasteiger partial charge in [-0.1, -0.05) is 6.58 Å². The third kappa shape index (κ3) is 5.62. The number of nitrogen functional groups attached to an aromatic ring is 1. The summed E-state index contributed by atoms with van der Waals surface area (Å²) < 4.78 is 28.1. The highest BCUT2D eigenvalue weighted by atomic mass is 32.2. The van der Waals surface area contributed by atoms with Gasteiger partial charge in [0, 0.05) is 56.8 Å². The minimum atomic E-state index is -2.88. The molecule has 2 heterocycles. The van der Waals surface area contributed by atoms with Gasteiger partial charge in [0.2, 0.25) is 0 Å². The summed E-state index contributed by atoms with van der Waals surface area (Å²) in [5, 5.41) is 0. The summed E-state index contributed by atoms with van der Waals surface area (Å²) in [4.78, 5) is 7.24. The molecular weight excluding hydrogens is 376 g/mol. The molecule has 0 amide bonds. The van der Waals surface area contributed by atoms with Crippen LogP contribution in [-0.4, -0.2) is 82.1 Å². The van der Waals surface area contributed by atoms with Crippen LogP contribution in [0.5, 0.6) is 5.75 Å². The summed E-state index contributed by atoms with van der Waals surface area (Å²) >= 11 is 0. The lowest BCUT2D eigenvalue weighted by atomic mass is 10.0. The molecule has 1 aromatic carbocycles. The Balaban J connectivity index is 1.47. The second-order valence-corrected chi connectivity index (χ2v) is 9.99. The molecule has 0 bridgehead atoms. The van der Waals surface area contributed by atoms with Gasteiger partial charge in [-0.05, 0) is 38.1 Å². The second kappa shape index (κ2) is 9.15. The summed E-state index contributed by atoms with van der Waals surface area (Å²) in [5.41, 5.74) is 7.69. The highest BCUT2D eigenvalue weighted by Gasteiger charge is 2.28. The zero-order valence-electron chi connectivity index (χ0n) is 16.7. The topological polar surface area (TPSA) is 79.1 Å². The lowest BCUT2D eigenvalue weighted by Gasteiger charge is -2.43. The van der Waals surface area contributed by atoms with Crippen LogP contribution in [0.4, 0.5) is 11.4 Å². The Kier molecular flexibility index (Phi) is 6.85. The van der Waals surface area contributed by atoms with Crippen LogP contribution in [-0.2, 0) is 9.84 Å². The van der Waals surface area contributed by atoms with Crippen molar-refractivity contribution in [2.24, 2.45) is 0 Å². The van der Waals surface area contributed by atoms with E-state index in [1.165, 1.54) is 12.5 Å². The molecule has 156 valence electrons. The molecule has 0 unspecified atom stereocenters.